The van der Waals surface area contributed by atoms with Gasteiger partial charge in [-0.2, -0.15) is 26.3 Å². The monoisotopic (exact) mass is 492 g/mol. The molecule has 2 heterocycles. The lowest BCUT2D eigenvalue weighted by Gasteiger charge is -2.23. The average molecular weight is 492 g/mol. The van der Waals surface area contributed by atoms with Crippen molar-refractivity contribution in [1.29, 1.82) is 0 Å². The molecule has 1 aromatic heterocycles. The van der Waals surface area contributed by atoms with Gasteiger partial charge in [-0.25, -0.2) is 9.78 Å². The molecule has 1 aliphatic heterocycles. The molecule has 0 atom stereocenters. The van der Waals surface area contributed by atoms with Gasteiger partial charge in [0.25, 0.3) is 5.91 Å². The van der Waals surface area contributed by atoms with Gasteiger partial charge >= 0.3 is 18.3 Å². The lowest BCUT2D eigenvalue weighted by atomic mass is 9.98. The van der Waals surface area contributed by atoms with Crippen LogP contribution in [0.3, 0.4) is 0 Å². The molecule has 34 heavy (non-hydrogen) atoms. The molecular weight excluding hydrogens is 470 g/mol. The molecule has 1 aromatic carbocycles. The third-order valence-corrected chi connectivity index (χ3v) is 4.78. The standard InChI is InChI=1S/C19H21F3N4O.C2HF3O2/c20-19(21,22)14-3-5-15(6-4-14)26-18(27)16-2-1-9-24-17(16)25-12-13-7-10-23-11-8-13;3-2(4,5)1(6)7/h1-6,9,13,23H,7-8,10-12H2,(H,24,25)(H,26,27);(H,6,7). The number of halogens is 6. The number of amides is 1. The van der Waals surface area contributed by atoms with Crippen LogP contribution in [0.2, 0.25) is 0 Å². The van der Waals surface area contributed by atoms with Crippen molar-refractivity contribution in [1.82, 2.24) is 10.3 Å². The van der Waals surface area contributed by atoms with Gasteiger partial charge in [0.2, 0.25) is 0 Å². The SMILES string of the molecule is O=C(Nc1ccc(C(F)(F)F)cc1)c1cccnc1NCC1CCNCC1.O=C(O)C(F)(F)F. The summed E-state index contributed by atoms with van der Waals surface area (Å²) in [7, 11) is 0. The van der Waals surface area contributed by atoms with Gasteiger partial charge in [-0.3, -0.25) is 4.79 Å². The normalized spacial score (nSPS) is 14.5. The fourth-order valence-electron chi connectivity index (χ4n) is 3.00. The predicted molar refractivity (Wildman–Crippen MR) is 111 cm³/mol. The Labute approximate surface area is 190 Å². The van der Waals surface area contributed by atoms with Crippen LogP contribution >= 0.6 is 0 Å². The van der Waals surface area contributed by atoms with Gasteiger partial charge in [-0.15, -0.1) is 0 Å². The van der Waals surface area contributed by atoms with Gasteiger partial charge in [-0.05, 0) is 68.2 Å². The van der Waals surface area contributed by atoms with Crippen molar-refractivity contribution < 1.29 is 41.0 Å². The predicted octanol–water partition coefficient (Wildman–Crippen LogP) is 4.40. The molecule has 0 saturated carbocycles. The molecule has 0 bridgehead atoms. The molecule has 0 aliphatic carbocycles. The third-order valence-electron chi connectivity index (χ3n) is 4.78. The van der Waals surface area contributed by atoms with Crippen molar-refractivity contribution >= 4 is 23.4 Å². The van der Waals surface area contributed by atoms with Gasteiger partial charge in [0, 0.05) is 18.4 Å². The number of carboxylic acids is 1. The molecule has 7 nitrogen and oxygen atoms in total. The molecule has 3 rings (SSSR count). The first-order valence-corrected chi connectivity index (χ1v) is 10.1. The summed E-state index contributed by atoms with van der Waals surface area (Å²) in [5.41, 5.74) is -0.112. The van der Waals surface area contributed by atoms with E-state index in [1.807, 2.05) is 0 Å². The number of carboxylic acid groups (broad SMARTS) is 1. The minimum Gasteiger partial charge on any atom is -0.475 e. The zero-order valence-corrected chi connectivity index (χ0v) is 17.6. The van der Waals surface area contributed by atoms with Crippen molar-refractivity contribution in [2.45, 2.75) is 25.2 Å². The molecule has 0 radical (unpaired) electrons. The molecule has 1 fully saturated rings. The number of anilines is 2. The van der Waals surface area contributed by atoms with Crippen molar-refractivity contribution in [2.75, 3.05) is 30.3 Å². The minimum absolute atomic E-state index is 0.293. The van der Waals surface area contributed by atoms with E-state index in [0.717, 1.165) is 44.6 Å². The number of hydrogen-bond acceptors (Lipinski definition) is 5. The second kappa shape index (κ2) is 11.7. The lowest BCUT2D eigenvalue weighted by molar-refractivity contribution is -0.192. The van der Waals surface area contributed by atoms with E-state index in [1.165, 1.54) is 12.1 Å². The minimum atomic E-state index is -5.08. The van der Waals surface area contributed by atoms with Gasteiger partial charge in [0.15, 0.2) is 0 Å². The second-order valence-electron chi connectivity index (χ2n) is 7.31. The van der Waals surface area contributed by atoms with Crippen molar-refractivity contribution in [3.05, 3.63) is 53.7 Å². The first-order chi connectivity index (χ1) is 15.9. The average Bonchev–Trinajstić information content (AvgIpc) is 2.78. The summed E-state index contributed by atoms with van der Waals surface area (Å²) in [5, 5.41) is 16.3. The molecule has 1 aliphatic rings. The van der Waals surface area contributed by atoms with Crippen molar-refractivity contribution in [3.8, 4) is 0 Å². The summed E-state index contributed by atoms with van der Waals surface area (Å²) >= 11 is 0. The Bertz CT molecular complexity index is 958. The van der Waals surface area contributed by atoms with E-state index >= 15 is 0 Å². The van der Waals surface area contributed by atoms with Crippen LogP contribution in [0, 0.1) is 5.92 Å². The van der Waals surface area contributed by atoms with Crippen LogP contribution in [0.5, 0.6) is 0 Å². The zero-order chi connectivity index (χ0) is 25.4. The Morgan fingerprint density at radius 2 is 1.62 bits per heavy atom. The van der Waals surface area contributed by atoms with Crippen LogP contribution in [-0.2, 0) is 11.0 Å². The molecule has 0 spiro atoms. The van der Waals surface area contributed by atoms with E-state index in [0.29, 0.717) is 23.0 Å². The number of piperidine rings is 1. The first kappa shape index (κ1) is 26.9. The van der Waals surface area contributed by atoms with Crippen LogP contribution < -0.4 is 16.0 Å². The second-order valence-corrected chi connectivity index (χ2v) is 7.31. The molecule has 13 heteroatoms. The van der Waals surface area contributed by atoms with Crippen molar-refractivity contribution in [2.24, 2.45) is 5.92 Å². The number of carbonyl (C=O) groups excluding carboxylic acids is 1. The first-order valence-electron chi connectivity index (χ1n) is 10.1. The molecule has 0 unspecified atom stereocenters. The summed E-state index contributed by atoms with van der Waals surface area (Å²) < 4.78 is 69.6. The topological polar surface area (TPSA) is 103 Å². The van der Waals surface area contributed by atoms with Crippen LogP contribution in [-0.4, -0.2) is 47.8 Å². The summed E-state index contributed by atoms with van der Waals surface area (Å²) in [6, 6.07) is 7.64. The number of aromatic nitrogens is 1. The van der Waals surface area contributed by atoms with Gasteiger partial charge in [0.1, 0.15) is 5.82 Å². The number of carbonyl (C=O) groups is 2. The number of benzene rings is 1. The Balaban J connectivity index is 0.000000509. The highest BCUT2D eigenvalue weighted by molar-refractivity contribution is 6.07. The molecule has 4 N–H and O–H groups in total. The fourth-order valence-corrected chi connectivity index (χ4v) is 3.00. The van der Waals surface area contributed by atoms with E-state index in [4.69, 9.17) is 9.90 Å². The third kappa shape index (κ3) is 8.54. The van der Waals surface area contributed by atoms with Gasteiger partial charge in [0.05, 0.1) is 11.1 Å². The molecule has 2 aromatic rings. The van der Waals surface area contributed by atoms with Crippen LogP contribution in [0.1, 0.15) is 28.8 Å². The van der Waals surface area contributed by atoms with E-state index in [-0.39, 0.29) is 0 Å². The number of aliphatic carboxylic acids is 1. The molecule has 186 valence electrons. The highest BCUT2D eigenvalue weighted by atomic mass is 19.4. The summed E-state index contributed by atoms with van der Waals surface area (Å²) in [4.78, 5) is 25.7. The number of nitrogens with zero attached hydrogens (tertiary/aromatic N) is 1. The summed E-state index contributed by atoms with van der Waals surface area (Å²) in [6.45, 7) is 2.69. The Hall–Kier alpha value is -3.35. The maximum absolute atomic E-state index is 12.6. The van der Waals surface area contributed by atoms with Gasteiger partial charge in [-0.1, -0.05) is 0 Å². The number of hydrogen-bond donors (Lipinski definition) is 4. The summed E-state index contributed by atoms with van der Waals surface area (Å²) in [6.07, 6.45) is -5.77. The quantitative estimate of drug-likeness (QED) is 0.462. The highest BCUT2D eigenvalue weighted by Gasteiger charge is 2.38. The molecule has 1 saturated heterocycles. The van der Waals surface area contributed by atoms with Crippen LogP contribution in [0.25, 0.3) is 0 Å². The Morgan fingerprint density at radius 3 is 2.15 bits per heavy atom. The maximum Gasteiger partial charge on any atom is 0.490 e. The largest absolute Gasteiger partial charge is 0.490 e. The zero-order valence-electron chi connectivity index (χ0n) is 17.6. The summed E-state index contributed by atoms with van der Waals surface area (Å²) in [5.74, 6) is -2.19. The van der Waals surface area contributed by atoms with Crippen LogP contribution in [0.4, 0.5) is 37.8 Å². The number of nitrogens with one attached hydrogen (secondary N) is 3. The fraction of sp³-hybridized carbons (Fsp3) is 0.381. The Morgan fingerprint density at radius 1 is 1.03 bits per heavy atom. The van der Waals surface area contributed by atoms with E-state index in [1.54, 1.807) is 18.3 Å². The van der Waals surface area contributed by atoms with Crippen LogP contribution in [0.15, 0.2) is 42.6 Å². The van der Waals surface area contributed by atoms with Gasteiger partial charge < -0.3 is 21.1 Å². The number of rotatable bonds is 5. The lowest BCUT2D eigenvalue weighted by Crippen LogP contribution is -2.31. The smallest absolute Gasteiger partial charge is 0.475 e. The maximum atomic E-state index is 12.6. The molecule has 1 amide bonds. The van der Waals surface area contributed by atoms with E-state index in [2.05, 4.69) is 20.9 Å². The van der Waals surface area contributed by atoms with E-state index in [9.17, 15) is 31.1 Å². The van der Waals surface area contributed by atoms with E-state index < -0.39 is 29.8 Å². The molecular formula is C21H22F6N4O3. The number of alkyl halides is 6. The van der Waals surface area contributed by atoms with Crippen molar-refractivity contribution in [3.63, 3.8) is 0 Å². The Kier molecular flexibility index (Phi) is 9.24. The number of pyridine rings is 1. The highest BCUT2D eigenvalue weighted by Crippen LogP contribution is 2.30.